The number of nitrogens with zero attached hydrogens (tertiary/aromatic N) is 3. The fourth-order valence-corrected chi connectivity index (χ4v) is 4.32. The highest BCUT2D eigenvalue weighted by Crippen LogP contribution is 2.32. The molecule has 2 aliphatic heterocycles. The highest BCUT2D eigenvalue weighted by molar-refractivity contribution is 5.49. The molecule has 0 N–H and O–H groups in total. The van der Waals surface area contributed by atoms with Crippen molar-refractivity contribution < 1.29 is 17.6 Å². The highest BCUT2D eigenvalue weighted by atomic mass is 19.4. The summed E-state index contributed by atoms with van der Waals surface area (Å²) in [6.07, 6.45) is -0.238. The summed E-state index contributed by atoms with van der Waals surface area (Å²) in [5.74, 6) is 0.995. The first kappa shape index (κ1) is 19.3. The molecule has 0 radical (unpaired) electrons. The van der Waals surface area contributed by atoms with Gasteiger partial charge < -0.3 is 9.32 Å². The zero-order valence-corrected chi connectivity index (χ0v) is 15.9. The van der Waals surface area contributed by atoms with Crippen LogP contribution in [0.5, 0.6) is 0 Å². The lowest BCUT2D eigenvalue weighted by molar-refractivity contribution is -0.137. The number of furan rings is 1. The smallest absolute Gasteiger partial charge is 0.416 e. The average Bonchev–Trinajstić information content (AvgIpc) is 3.21. The number of hydrogen-bond acceptors (Lipinski definition) is 4. The van der Waals surface area contributed by atoms with Crippen molar-refractivity contribution in [1.82, 2.24) is 9.80 Å². The average molecular weight is 393 g/mol. The Bertz CT molecular complexity index is 755. The van der Waals surface area contributed by atoms with E-state index in [1.165, 1.54) is 25.0 Å². The second kappa shape index (κ2) is 8.17. The van der Waals surface area contributed by atoms with Crippen LogP contribution < -0.4 is 4.90 Å². The summed E-state index contributed by atoms with van der Waals surface area (Å²) in [6.45, 7) is 6.23. The maximum absolute atomic E-state index is 13.0. The topological polar surface area (TPSA) is 22.9 Å². The summed E-state index contributed by atoms with van der Waals surface area (Å²) in [5.41, 5.74) is 0.0887. The van der Waals surface area contributed by atoms with Crippen molar-refractivity contribution in [3.63, 3.8) is 0 Å². The molecule has 2 aliphatic rings. The predicted octanol–water partition coefficient (Wildman–Crippen LogP) is 4.09. The van der Waals surface area contributed by atoms with E-state index in [1.807, 2.05) is 12.1 Å². The van der Waals surface area contributed by atoms with Crippen LogP contribution in [-0.4, -0.2) is 55.1 Å². The van der Waals surface area contributed by atoms with E-state index in [4.69, 9.17) is 4.42 Å². The van der Waals surface area contributed by atoms with Crippen LogP contribution in [0.3, 0.4) is 0 Å². The fraction of sp³-hybridized carbons (Fsp3) is 0.524. The Kier molecular flexibility index (Phi) is 5.64. The number of likely N-dealkylation sites (tertiary alicyclic amines) is 1. The first-order valence-corrected chi connectivity index (χ1v) is 9.90. The Hall–Kier alpha value is -1.99. The van der Waals surface area contributed by atoms with Crippen LogP contribution in [0.2, 0.25) is 0 Å². The lowest BCUT2D eigenvalue weighted by Gasteiger charge is -2.44. The first-order chi connectivity index (χ1) is 13.5. The number of halogens is 3. The van der Waals surface area contributed by atoms with E-state index in [1.54, 1.807) is 12.3 Å². The van der Waals surface area contributed by atoms with Crippen LogP contribution in [-0.2, 0) is 12.7 Å². The molecule has 0 bridgehead atoms. The monoisotopic (exact) mass is 393 g/mol. The van der Waals surface area contributed by atoms with E-state index >= 15 is 0 Å². The van der Waals surface area contributed by atoms with Gasteiger partial charge in [0.05, 0.1) is 18.4 Å². The van der Waals surface area contributed by atoms with Gasteiger partial charge in [-0.05, 0) is 49.7 Å². The van der Waals surface area contributed by atoms with Gasteiger partial charge in [0.25, 0.3) is 0 Å². The number of hydrogen-bond donors (Lipinski definition) is 0. The summed E-state index contributed by atoms with van der Waals surface area (Å²) >= 11 is 0. The molecule has 1 atom stereocenters. The molecular formula is C21H26F3N3O. The quantitative estimate of drug-likeness (QED) is 0.781. The largest absolute Gasteiger partial charge is 0.468 e. The molecule has 28 heavy (non-hydrogen) atoms. The van der Waals surface area contributed by atoms with Crippen molar-refractivity contribution >= 4 is 5.69 Å². The predicted molar refractivity (Wildman–Crippen MR) is 102 cm³/mol. The summed E-state index contributed by atoms with van der Waals surface area (Å²) in [5, 5.41) is 0. The number of piperidine rings is 1. The third kappa shape index (κ3) is 4.52. The van der Waals surface area contributed by atoms with Crippen molar-refractivity contribution in [2.75, 3.05) is 44.2 Å². The molecule has 4 rings (SSSR count). The summed E-state index contributed by atoms with van der Waals surface area (Å²) in [6, 6.07) is 10.1. The molecule has 1 unspecified atom stereocenters. The molecule has 1 aromatic heterocycles. The van der Waals surface area contributed by atoms with Gasteiger partial charge in [-0.25, -0.2) is 0 Å². The number of benzene rings is 1. The van der Waals surface area contributed by atoms with Crippen LogP contribution in [0.15, 0.2) is 47.1 Å². The van der Waals surface area contributed by atoms with Crippen molar-refractivity contribution in [2.24, 2.45) is 0 Å². The Labute approximate surface area is 163 Å². The van der Waals surface area contributed by atoms with Gasteiger partial charge in [0.1, 0.15) is 5.76 Å². The minimum Gasteiger partial charge on any atom is -0.468 e. The van der Waals surface area contributed by atoms with Gasteiger partial charge in [-0.15, -0.1) is 0 Å². The van der Waals surface area contributed by atoms with Crippen LogP contribution in [0.1, 0.15) is 24.2 Å². The number of anilines is 1. The summed E-state index contributed by atoms with van der Waals surface area (Å²) in [4.78, 5) is 7.00. The van der Waals surface area contributed by atoms with Gasteiger partial charge >= 0.3 is 6.18 Å². The molecule has 7 heteroatoms. The molecule has 2 aromatic rings. The third-order valence-electron chi connectivity index (χ3n) is 5.81. The van der Waals surface area contributed by atoms with E-state index < -0.39 is 11.7 Å². The van der Waals surface area contributed by atoms with Crippen LogP contribution in [0.25, 0.3) is 0 Å². The maximum Gasteiger partial charge on any atom is 0.416 e. The van der Waals surface area contributed by atoms with Crippen LogP contribution in [0.4, 0.5) is 18.9 Å². The lowest BCUT2D eigenvalue weighted by atomic mass is 10.0. The maximum atomic E-state index is 13.0. The van der Waals surface area contributed by atoms with E-state index in [0.717, 1.165) is 57.6 Å². The van der Waals surface area contributed by atoms with Crippen LogP contribution in [0, 0.1) is 0 Å². The molecule has 0 amide bonds. The third-order valence-corrected chi connectivity index (χ3v) is 5.81. The fourth-order valence-electron chi connectivity index (χ4n) is 4.32. The van der Waals surface area contributed by atoms with Gasteiger partial charge in [-0.1, -0.05) is 6.07 Å². The zero-order valence-electron chi connectivity index (χ0n) is 15.9. The second-order valence-corrected chi connectivity index (χ2v) is 7.68. The van der Waals surface area contributed by atoms with Gasteiger partial charge in [0.15, 0.2) is 0 Å². The Morgan fingerprint density at radius 3 is 2.54 bits per heavy atom. The van der Waals surface area contributed by atoms with Crippen LogP contribution >= 0.6 is 0 Å². The van der Waals surface area contributed by atoms with Crippen molar-refractivity contribution in [3.8, 4) is 0 Å². The highest BCUT2D eigenvalue weighted by Gasteiger charge is 2.32. The minimum absolute atomic E-state index is 0.507. The van der Waals surface area contributed by atoms with Gasteiger partial charge in [-0.2, -0.15) is 13.2 Å². The molecule has 2 fully saturated rings. The number of piperazine rings is 1. The summed E-state index contributed by atoms with van der Waals surface area (Å²) < 4.78 is 44.4. The van der Waals surface area contributed by atoms with Gasteiger partial charge in [-0.3, -0.25) is 9.80 Å². The molecule has 152 valence electrons. The molecular weight excluding hydrogens is 367 g/mol. The van der Waals surface area contributed by atoms with Gasteiger partial charge in [0, 0.05) is 44.5 Å². The second-order valence-electron chi connectivity index (χ2n) is 7.68. The number of alkyl halides is 3. The van der Waals surface area contributed by atoms with E-state index in [9.17, 15) is 13.2 Å². The Morgan fingerprint density at radius 1 is 1.00 bits per heavy atom. The van der Waals surface area contributed by atoms with Gasteiger partial charge in [0.2, 0.25) is 0 Å². The number of rotatable bonds is 4. The Balaban J connectivity index is 1.32. The first-order valence-electron chi connectivity index (χ1n) is 9.90. The molecule has 0 aliphatic carbocycles. The molecule has 2 saturated heterocycles. The van der Waals surface area contributed by atoms with Crippen molar-refractivity contribution in [3.05, 3.63) is 54.0 Å². The molecule has 3 heterocycles. The minimum atomic E-state index is -4.29. The molecule has 1 aromatic carbocycles. The van der Waals surface area contributed by atoms with E-state index in [-0.39, 0.29) is 0 Å². The zero-order chi connectivity index (χ0) is 19.6. The normalized spacial score (nSPS) is 22.5. The lowest BCUT2D eigenvalue weighted by Crippen LogP contribution is -2.55. The Morgan fingerprint density at radius 2 is 1.82 bits per heavy atom. The SMILES string of the molecule is FC(F)(F)c1cccc(N2CCN(C3CCCN(Cc4ccco4)C3)CC2)c1. The van der Waals surface area contributed by atoms with Crippen molar-refractivity contribution in [2.45, 2.75) is 31.6 Å². The van der Waals surface area contributed by atoms with Crippen molar-refractivity contribution in [1.29, 1.82) is 0 Å². The standard InChI is InChI=1S/C21H26F3N3O/c22-21(23,24)17-4-1-5-18(14-17)26-9-11-27(12-10-26)19-6-2-8-25(15-19)16-20-7-3-13-28-20/h1,3-5,7,13-14,19H,2,6,8-12,15-16H2. The summed E-state index contributed by atoms with van der Waals surface area (Å²) in [7, 11) is 0. The van der Waals surface area contributed by atoms with E-state index in [2.05, 4.69) is 14.7 Å². The molecule has 4 nitrogen and oxygen atoms in total. The molecule has 0 saturated carbocycles. The van der Waals surface area contributed by atoms with E-state index in [0.29, 0.717) is 11.7 Å². The molecule has 0 spiro atoms.